The fourth-order valence-electron chi connectivity index (χ4n) is 3.45. The van der Waals surface area contributed by atoms with Crippen molar-refractivity contribution >= 4 is 11.3 Å². The molecule has 0 spiro atoms. The molecule has 4 rings (SSSR count). The van der Waals surface area contributed by atoms with E-state index in [0.29, 0.717) is 6.04 Å². The van der Waals surface area contributed by atoms with Gasteiger partial charge >= 0.3 is 0 Å². The smallest absolute Gasteiger partial charge is 0.181 e. The summed E-state index contributed by atoms with van der Waals surface area (Å²) in [4.78, 5) is 11.2. The number of hydrogen-bond donors (Lipinski definition) is 0. The van der Waals surface area contributed by atoms with Gasteiger partial charge in [-0.3, -0.25) is 4.90 Å². The lowest BCUT2D eigenvalue weighted by atomic mass is 10.1. The van der Waals surface area contributed by atoms with Gasteiger partial charge in [-0.1, -0.05) is 18.2 Å². The second-order valence-corrected chi connectivity index (χ2v) is 7.36. The molecule has 0 N–H and O–H groups in total. The molecule has 1 aromatic carbocycles. The molecule has 124 valence electrons. The summed E-state index contributed by atoms with van der Waals surface area (Å²) in [5.74, 6) is 0.827. The van der Waals surface area contributed by atoms with Gasteiger partial charge in [0.2, 0.25) is 0 Å². The molecule has 0 amide bonds. The summed E-state index contributed by atoms with van der Waals surface area (Å²) in [6.07, 6.45) is 6.86. The van der Waals surface area contributed by atoms with Crippen molar-refractivity contribution in [2.45, 2.75) is 38.8 Å². The number of thiazole rings is 1. The number of aryl methyl sites for hydroxylation is 1. The number of likely N-dealkylation sites (tertiary alicyclic amines) is 1. The zero-order valence-corrected chi connectivity index (χ0v) is 14.6. The van der Waals surface area contributed by atoms with Gasteiger partial charge in [-0.2, -0.15) is 0 Å². The van der Waals surface area contributed by atoms with Crippen molar-refractivity contribution in [1.82, 2.24) is 14.9 Å². The van der Waals surface area contributed by atoms with Crippen LogP contribution in [0.5, 0.6) is 0 Å². The standard InChI is InChI=1S/C19H21N3OS/c1-14-12-24-19(21-14)9-17-6-3-7-22(17)11-15-4-2-5-16(8-15)18-10-20-13-23-18/h2,4-5,8,10,12-13,17H,3,6-7,9,11H2,1H3. The monoisotopic (exact) mass is 339 g/mol. The summed E-state index contributed by atoms with van der Waals surface area (Å²) in [5.41, 5.74) is 3.56. The zero-order chi connectivity index (χ0) is 16.4. The van der Waals surface area contributed by atoms with Crippen molar-refractivity contribution in [3.05, 3.63) is 58.5 Å². The Hall–Kier alpha value is -1.98. The SMILES string of the molecule is Cc1csc(CC2CCCN2Cc2cccc(-c3cnco3)c2)n1. The van der Waals surface area contributed by atoms with Gasteiger partial charge in [0.25, 0.3) is 0 Å². The van der Waals surface area contributed by atoms with E-state index in [1.807, 2.05) is 0 Å². The number of rotatable bonds is 5. The molecule has 1 fully saturated rings. The lowest BCUT2D eigenvalue weighted by molar-refractivity contribution is 0.244. The largest absolute Gasteiger partial charge is 0.444 e. The van der Waals surface area contributed by atoms with Gasteiger partial charge in [-0.05, 0) is 37.9 Å². The average Bonchev–Trinajstić information content (AvgIpc) is 3.32. The van der Waals surface area contributed by atoms with E-state index in [1.54, 1.807) is 17.5 Å². The molecule has 3 aromatic rings. The van der Waals surface area contributed by atoms with Crippen molar-refractivity contribution in [2.75, 3.05) is 6.54 Å². The van der Waals surface area contributed by atoms with Crippen molar-refractivity contribution in [3.63, 3.8) is 0 Å². The van der Waals surface area contributed by atoms with E-state index in [9.17, 15) is 0 Å². The number of aromatic nitrogens is 2. The Morgan fingerprint density at radius 2 is 2.33 bits per heavy atom. The molecule has 0 saturated carbocycles. The highest BCUT2D eigenvalue weighted by molar-refractivity contribution is 7.09. The van der Waals surface area contributed by atoms with Gasteiger partial charge < -0.3 is 4.42 Å². The quantitative estimate of drug-likeness (QED) is 0.694. The van der Waals surface area contributed by atoms with Gasteiger partial charge in [0.1, 0.15) is 0 Å². The van der Waals surface area contributed by atoms with Crippen LogP contribution < -0.4 is 0 Å². The first-order valence-corrected chi connectivity index (χ1v) is 9.29. The van der Waals surface area contributed by atoms with Crippen LogP contribution >= 0.6 is 11.3 Å². The minimum atomic E-state index is 0.601. The second-order valence-electron chi connectivity index (χ2n) is 6.42. The summed E-state index contributed by atoms with van der Waals surface area (Å²) >= 11 is 1.79. The molecule has 2 aromatic heterocycles. The highest BCUT2D eigenvalue weighted by atomic mass is 32.1. The van der Waals surface area contributed by atoms with E-state index >= 15 is 0 Å². The molecule has 0 bridgehead atoms. The van der Waals surface area contributed by atoms with Crippen LogP contribution in [-0.2, 0) is 13.0 Å². The highest BCUT2D eigenvalue weighted by Gasteiger charge is 2.25. The summed E-state index contributed by atoms with van der Waals surface area (Å²) in [7, 11) is 0. The van der Waals surface area contributed by atoms with Crippen LogP contribution in [-0.4, -0.2) is 27.5 Å². The zero-order valence-electron chi connectivity index (χ0n) is 13.8. The Bertz CT molecular complexity index is 797. The van der Waals surface area contributed by atoms with E-state index in [2.05, 4.69) is 51.4 Å². The van der Waals surface area contributed by atoms with Gasteiger partial charge in [-0.25, -0.2) is 9.97 Å². The molecule has 0 aliphatic carbocycles. The Morgan fingerprint density at radius 3 is 3.12 bits per heavy atom. The predicted octanol–water partition coefficient (Wildman–Crippen LogP) is 4.31. The molecule has 4 nitrogen and oxygen atoms in total. The fraction of sp³-hybridized carbons (Fsp3) is 0.368. The minimum Gasteiger partial charge on any atom is -0.444 e. The Morgan fingerprint density at radius 1 is 1.38 bits per heavy atom. The Kier molecular flexibility index (Phi) is 4.45. The highest BCUT2D eigenvalue weighted by Crippen LogP contribution is 2.26. The first kappa shape index (κ1) is 15.5. The molecule has 24 heavy (non-hydrogen) atoms. The molecule has 3 heterocycles. The molecular weight excluding hydrogens is 318 g/mol. The second kappa shape index (κ2) is 6.87. The number of oxazole rings is 1. The van der Waals surface area contributed by atoms with Crippen molar-refractivity contribution < 1.29 is 4.42 Å². The maximum Gasteiger partial charge on any atom is 0.181 e. The summed E-state index contributed by atoms with van der Waals surface area (Å²) < 4.78 is 5.42. The van der Waals surface area contributed by atoms with E-state index in [1.165, 1.54) is 36.4 Å². The van der Waals surface area contributed by atoms with Crippen LogP contribution in [0.4, 0.5) is 0 Å². The van der Waals surface area contributed by atoms with Crippen molar-refractivity contribution in [2.24, 2.45) is 0 Å². The third-order valence-electron chi connectivity index (χ3n) is 4.61. The molecule has 1 aliphatic rings. The molecular formula is C19H21N3OS. The molecule has 1 aliphatic heterocycles. The fourth-order valence-corrected chi connectivity index (χ4v) is 4.29. The Labute approximate surface area is 146 Å². The summed E-state index contributed by atoms with van der Waals surface area (Å²) in [6, 6.07) is 9.18. The lowest BCUT2D eigenvalue weighted by Crippen LogP contribution is -2.30. The molecule has 1 saturated heterocycles. The van der Waals surface area contributed by atoms with Crippen LogP contribution in [0.1, 0.15) is 29.1 Å². The van der Waals surface area contributed by atoms with Gasteiger partial charge in [0, 0.05) is 35.6 Å². The lowest BCUT2D eigenvalue weighted by Gasteiger charge is -2.24. The van der Waals surface area contributed by atoms with Crippen LogP contribution in [0.25, 0.3) is 11.3 Å². The maximum absolute atomic E-state index is 5.42. The maximum atomic E-state index is 5.42. The predicted molar refractivity (Wildman–Crippen MR) is 95.9 cm³/mol. The van der Waals surface area contributed by atoms with Crippen molar-refractivity contribution in [1.29, 1.82) is 0 Å². The first-order chi connectivity index (χ1) is 11.8. The third kappa shape index (κ3) is 3.42. The number of benzene rings is 1. The average molecular weight is 339 g/mol. The van der Waals surface area contributed by atoms with Crippen molar-refractivity contribution in [3.8, 4) is 11.3 Å². The number of nitrogens with zero attached hydrogens (tertiary/aromatic N) is 3. The summed E-state index contributed by atoms with van der Waals surface area (Å²) in [5, 5.41) is 3.41. The van der Waals surface area contributed by atoms with E-state index < -0.39 is 0 Å². The van der Waals surface area contributed by atoms with Gasteiger partial charge in [0.15, 0.2) is 12.2 Å². The number of hydrogen-bond acceptors (Lipinski definition) is 5. The molecule has 5 heteroatoms. The Balaban J connectivity index is 1.47. The van der Waals surface area contributed by atoms with Crippen LogP contribution in [0.15, 0.2) is 46.7 Å². The van der Waals surface area contributed by atoms with Crippen LogP contribution in [0, 0.1) is 6.92 Å². The normalized spacial score (nSPS) is 18.3. The van der Waals surface area contributed by atoms with Gasteiger partial charge in [0.05, 0.1) is 11.2 Å². The molecule has 0 radical (unpaired) electrons. The minimum absolute atomic E-state index is 0.601. The third-order valence-corrected chi connectivity index (χ3v) is 5.59. The topological polar surface area (TPSA) is 42.2 Å². The van der Waals surface area contributed by atoms with E-state index in [4.69, 9.17) is 4.42 Å². The molecule has 1 atom stereocenters. The van der Waals surface area contributed by atoms with Crippen LogP contribution in [0.2, 0.25) is 0 Å². The summed E-state index contributed by atoms with van der Waals surface area (Å²) in [6.45, 7) is 4.22. The van der Waals surface area contributed by atoms with Crippen LogP contribution in [0.3, 0.4) is 0 Å². The van der Waals surface area contributed by atoms with E-state index in [0.717, 1.165) is 30.0 Å². The van der Waals surface area contributed by atoms with Gasteiger partial charge in [-0.15, -0.1) is 11.3 Å². The molecule has 1 unspecified atom stereocenters. The first-order valence-electron chi connectivity index (χ1n) is 8.41. The van der Waals surface area contributed by atoms with E-state index in [-0.39, 0.29) is 0 Å².